The summed E-state index contributed by atoms with van der Waals surface area (Å²) in [5, 5.41) is 10.0. The highest BCUT2D eigenvalue weighted by Gasteiger charge is 2.15. The van der Waals surface area contributed by atoms with Crippen LogP contribution in [0, 0.1) is 11.7 Å². The zero-order chi connectivity index (χ0) is 20.8. The number of benzene rings is 1. The maximum absolute atomic E-state index is 12.5. The molecular weight excluding hydrogens is 388 g/mol. The van der Waals surface area contributed by atoms with Crippen LogP contribution in [0.25, 0.3) is 0 Å². The van der Waals surface area contributed by atoms with Gasteiger partial charge in [0.15, 0.2) is 10.6 Å². The summed E-state index contributed by atoms with van der Waals surface area (Å²) in [6.45, 7) is 4.57. The highest BCUT2D eigenvalue weighted by Crippen LogP contribution is 2.08. The van der Waals surface area contributed by atoms with Crippen LogP contribution in [-0.2, 0) is 24.4 Å². The van der Waals surface area contributed by atoms with E-state index < -0.39 is 0 Å². The van der Waals surface area contributed by atoms with Gasteiger partial charge in [-0.05, 0) is 49.8 Å². The van der Waals surface area contributed by atoms with Gasteiger partial charge < -0.3 is 15.2 Å². The number of hydrogen-bond acceptors (Lipinski definition) is 5. The summed E-state index contributed by atoms with van der Waals surface area (Å²) in [6.07, 6.45) is 1.60. The van der Waals surface area contributed by atoms with Gasteiger partial charge in [0.2, 0.25) is 5.91 Å². The first-order chi connectivity index (χ1) is 14.0. The molecule has 0 atom stereocenters. The third kappa shape index (κ3) is 4.94. The number of nitrogens with one attached hydrogen (secondary N) is 2. The maximum Gasteiger partial charge on any atom is 0.251 e. The fourth-order valence-corrected chi connectivity index (χ4v) is 3.21. The second-order valence-corrected chi connectivity index (χ2v) is 6.73. The number of amides is 2. The van der Waals surface area contributed by atoms with E-state index in [1.165, 1.54) is 4.68 Å². The van der Waals surface area contributed by atoms with Crippen molar-refractivity contribution < 1.29 is 9.59 Å². The van der Waals surface area contributed by atoms with Crippen molar-refractivity contribution in [2.75, 3.05) is 5.32 Å². The van der Waals surface area contributed by atoms with E-state index in [2.05, 4.69) is 20.7 Å². The predicted octanol–water partition coefficient (Wildman–Crippen LogP) is 2.71. The van der Waals surface area contributed by atoms with Gasteiger partial charge >= 0.3 is 0 Å². The largest absolute Gasteiger partial charge is 0.345 e. The molecule has 0 saturated carbocycles. The van der Waals surface area contributed by atoms with Gasteiger partial charge in [0.05, 0.1) is 6.54 Å². The van der Waals surface area contributed by atoms with E-state index in [9.17, 15) is 9.59 Å². The summed E-state index contributed by atoms with van der Waals surface area (Å²) in [7, 11) is 0. The average Bonchev–Trinajstić information content (AvgIpc) is 3.01. The second-order valence-electron chi connectivity index (χ2n) is 6.36. The normalized spacial score (nSPS) is 10.6. The predicted molar refractivity (Wildman–Crippen MR) is 112 cm³/mol. The number of anilines is 1. The molecule has 29 heavy (non-hydrogen) atoms. The van der Waals surface area contributed by atoms with Gasteiger partial charge in [0, 0.05) is 18.3 Å². The summed E-state index contributed by atoms with van der Waals surface area (Å²) in [5.41, 5.74) is 1.51. The first kappa shape index (κ1) is 20.4. The van der Waals surface area contributed by atoms with E-state index in [4.69, 9.17) is 12.2 Å². The van der Waals surface area contributed by atoms with Crippen LogP contribution in [0.2, 0.25) is 0 Å². The first-order valence-corrected chi connectivity index (χ1v) is 9.61. The number of rotatable bonds is 7. The molecule has 0 unspecified atom stereocenters. The van der Waals surface area contributed by atoms with Crippen molar-refractivity contribution in [1.29, 1.82) is 0 Å². The molecule has 0 aliphatic rings. The smallest absolute Gasteiger partial charge is 0.251 e. The molecular formula is C20H22N6O2S. The Bertz CT molecular complexity index is 1070. The minimum atomic E-state index is -0.281. The van der Waals surface area contributed by atoms with Crippen LogP contribution in [0.4, 0.5) is 5.82 Å². The van der Waals surface area contributed by atoms with Crippen LogP contribution in [0.15, 0.2) is 48.7 Å². The number of nitrogens with zero attached hydrogens (tertiary/aromatic N) is 4. The van der Waals surface area contributed by atoms with Crippen molar-refractivity contribution in [3.05, 3.63) is 70.4 Å². The van der Waals surface area contributed by atoms with E-state index in [1.54, 1.807) is 35.0 Å². The Kier molecular flexibility index (Phi) is 6.50. The van der Waals surface area contributed by atoms with Crippen LogP contribution < -0.4 is 10.6 Å². The number of aryl methyl sites for hydroxylation is 1. The van der Waals surface area contributed by atoms with Crippen LogP contribution in [0.3, 0.4) is 0 Å². The molecule has 1 aromatic carbocycles. The maximum atomic E-state index is 12.5. The molecule has 0 bridgehead atoms. The van der Waals surface area contributed by atoms with E-state index in [0.717, 1.165) is 5.56 Å². The molecule has 0 spiro atoms. The standard InChI is InChI=1S/C20H22N6O2S/c1-3-25-17(12-22-19(28)15-9-5-4-8-14(15)2)24-26(20(25)29)13-18(27)23-16-10-6-7-11-21-16/h4-11H,3,12-13H2,1-2H3,(H,22,28)(H,21,23,27). The van der Waals surface area contributed by atoms with Crippen LogP contribution >= 0.6 is 12.2 Å². The van der Waals surface area contributed by atoms with Crippen molar-refractivity contribution in [3.63, 3.8) is 0 Å². The molecule has 2 N–H and O–H groups in total. The molecule has 9 heteroatoms. The third-order valence-electron chi connectivity index (χ3n) is 4.34. The minimum absolute atomic E-state index is 0.0405. The summed E-state index contributed by atoms with van der Waals surface area (Å²) < 4.78 is 3.66. The Hall–Kier alpha value is -3.33. The van der Waals surface area contributed by atoms with Gasteiger partial charge in [-0.2, -0.15) is 5.10 Å². The lowest BCUT2D eigenvalue weighted by atomic mass is 10.1. The summed E-state index contributed by atoms with van der Waals surface area (Å²) in [4.78, 5) is 28.8. The van der Waals surface area contributed by atoms with Crippen molar-refractivity contribution >= 4 is 29.9 Å². The van der Waals surface area contributed by atoms with Gasteiger partial charge in [0.1, 0.15) is 12.4 Å². The quantitative estimate of drug-likeness (QED) is 0.584. The van der Waals surface area contributed by atoms with E-state index in [0.29, 0.717) is 28.5 Å². The molecule has 3 aromatic rings. The highest BCUT2D eigenvalue weighted by atomic mass is 32.1. The number of carbonyl (C=O) groups excluding carboxylic acids is 2. The second kappa shape index (κ2) is 9.24. The van der Waals surface area contributed by atoms with Crippen molar-refractivity contribution in [1.82, 2.24) is 24.6 Å². The number of aromatic nitrogens is 4. The molecule has 3 rings (SSSR count). The number of carbonyl (C=O) groups is 2. The van der Waals surface area contributed by atoms with E-state index in [-0.39, 0.29) is 24.9 Å². The van der Waals surface area contributed by atoms with Crippen LogP contribution in [0.1, 0.15) is 28.7 Å². The third-order valence-corrected chi connectivity index (χ3v) is 4.77. The summed E-state index contributed by atoms with van der Waals surface area (Å²) in [6, 6.07) is 12.6. The minimum Gasteiger partial charge on any atom is -0.345 e. The van der Waals surface area contributed by atoms with E-state index >= 15 is 0 Å². The molecule has 2 heterocycles. The number of pyridine rings is 1. The average molecular weight is 411 g/mol. The molecule has 8 nitrogen and oxygen atoms in total. The fourth-order valence-electron chi connectivity index (χ4n) is 2.87. The van der Waals surface area contributed by atoms with Gasteiger partial charge in [-0.1, -0.05) is 24.3 Å². The molecule has 2 amide bonds. The lowest BCUT2D eigenvalue weighted by molar-refractivity contribution is -0.117. The Morgan fingerprint density at radius 3 is 2.59 bits per heavy atom. The summed E-state index contributed by atoms with van der Waals surface area (Å²) in [5.74, 6) is 0.588. The zero-order valence-corrected chi connectivity index (χ0v) is 17.1. The SMILES string of the molecule is CCn1c(CNC(=O)c2ccccc2C)nn(CC(=O)Nc2ccccn2)c1=S. The lowest BCUT2D eigenvalue weighted by Crippen LogP contribution is -2.25. The van der Waals surface area contributed by atoms with E-state index in [1.807, 2.05) is 32.0 Å². The lowest BCUT2D eigenvalue weighted by Gasteiger charge is -2.07. The first-order valence-electron chi connectivity index (χ1n) is 9.20. The molecule has 2 aromatic heterocycles. The molecule has 0 fully saturated rings. The van der Waals surface area contributed by atoms with Crippen LogP contribution in [0.5, 0.6) is 0 Å². The number of hydrogen-bond donors (Lipinski definition) is 2. The summed E-state index contributed by atoms with van der Waals surface area (Å²) >= 11 is 5.44. The highest BCUT2D eigenvalue weighted by molar-refractivity contribution is 7.71. The molecule has 0 radical (unpaired) electrons. The molecule has 0 saturated heterocycles. The monoisotopic (exact) mass is 410 g/mol. The van der Waals surface area contributed by atoms with Crippen LogP contribution in [-0.4, -0.2) is 31.1 Å². The Labute approximate surface area is 173 Å². The molecule has 0 aliphatic carbocycles. The Morgan fingerprint density at radius 2 is 1.90 bits per heavy atom. The van der Waals surface area contributed by atoms with Crippen molar-refractivity contribution in [3.8, 4) is 0 Å². The molecule has 150 valence electrons. The Balaban J connectivity index is 1.70. The van der Waals surface area contributed by atoms with Gasteiger partial charge in [-0.25, -0.2) is 9.67 Å². The Morgan fingerprint density at radius 1 is 1.14 bits per heavy atom. The van der Waals surface area contributed by atoms with Gasteiger partial charge in [-0.15, -0.1) is 0 Å². The van der Waals surface area contributed by atoms with Gasteiger partial charge in [0.25, 0.3) is 5.91 Å². The topological polar surface area (TPSA) is 93.8 Å². The zero-order valence-electron chi connectivity index (χ0n) is 16.3. The molecule has 0 aliphatic heterocycles. The van der Waals surface area contributed by atoms with Gasteiger partial charge in [-0.3, -0.25) is 9.59 Å². The van der Waals surface area contributed by atoms with Crippen molar-refractivity contribution in [2.45, 2.75) is 33.5 Å². The van der Waals surface area contributed by atoms with Crippen molar-refractivity contribution in [2.24, 2.45) is 0 Å². The fraction of sp³-hybridized carbons (Fsp3) is 0.250.